The first-order valence-electron chi connectivity index (χ1n) is 40.8. The molecule has 44 heteroatoms. The zero-order valence-corrected chi connectivity index (χ0v) is 70.4. The molecule has 5 aliphatic heterocycles. The van der Waals surface area contributed by atoms with Crippen molar-refractivity contribution in [3.63, 3.8) is 0 Å². The highest BCUT2D eigenvalue weighted by Crippen LogP contribution is 2.44. The molecule has 15 aromatic rings. The number of fused-ring (bicyclic) bond motifs is 5. The molecule has 11 aromatic heterocycles. The first kappa shape index (κ1) is 93.6. The van der Waals surface area contributed by atoms with Gasteiger partial charge in [0, 0.05) is 93.8 Å². The molecule has 18 N–H and O–H groups in total. The Kier molecular flexibility index (Phi) is 27.9. The molecule has 5 saturated heterocycles. The number of aliphatic hydroxyl groups is 15. The summed E-state index contributed by atoms with van der Waals surface area (Å²) in [6, 6.07) is 30.6. The van der Waals surface area contributed by atoms with Gasteiger partial charge in [-0.3, -0.25) is 4.79 Å². The fourth-order valence-corrected chi connectivity index (χ4v) is 16.7. The van der Waals surface area contributed by atoms with Gasteiger partial charge in [0.1, 0.15) is 187 Å². The lowest BCUT2D eigenvalue weighted by atomic mass is 9.97. The first-order valence-corrected chi connectivity index (χ1v) is 41.6. The third-order valence-electron chi connectivity index (χ3n) is 23.6. The molecule has 0 radical (unpaired) electrons. The number of aliphatic hydroxyl groups excluding tert-OH is 15. The zero-order valence-electron chi connectivity index (χ0n) is 68.9. The van der Waals surface area contributed by atoms with E-state index in [0.29, 0.717) is 33.8 Å². The second-order valence-corrected chi connectivity index (χ2v) is 32.5. The average molecular weight is 1870 g/mol. The van der Waals surface area contributed by atoms with Crippen molar-refractivity contribution in [1.82, 2.24) is 72.7 Å². The smallest absolute Gasteiger partial charge is 0.248 e. The molecule has 37 nitrogen and oxygen atoms in total. The molecule has 132 heavy (non-hydrogen) atoms. The largest absolute Gasteiger partial charge is 0.392 e. The van der Waals surface area contributed by atoms with E-state index >= 15 is 0 Å². The number of hydrogen-bond donors (Lipinski definition) is 17. The Morgan fingerprint density at radius 1 is 0.386 bits per heavy atom. The van der Waals surface area contributed by atoms with Crippen molar-refractivity contribution in [2.75, 3.05) is 0 Å². The van der Waals surface area contributed by atoms with Gasteiger partial charge in [0.15, 0.2) is 42.8 Å². The summed E-state index contributed by atoms with van der Waals surface area (Å²) < 4.78 is 104. The number of benzene rings is 4. The quantitative estimate of drug-likeness (QED) is 0.0546. The highest BCUT2D eigenvalue weighted by Gasteiger charge is 2.53. The Labute approximate surface area is 751 Å². The Bertz CT molecular complexity index is 6320. The first-order chi connectivity index (χ1) is 63.3. The van der Waals surface area contributed by atoms with E-state index in [1.807, 2.05) is 19.9 Å². The van der Waals surface area contributed by atoms with Gasteiger partial charge in [-0.15, -0.1) is 0 Å². The Morgan fingerprint density at radius 3 is 1.20 bits per heavy atom. The van der Waals surface area contributed by atoms with Crippen LogP contribution in [0.5, 0.6) is 0 Å². The molecule has 0 bridgehead atoms. The average Bonchev–Trinajstić information content (AvgIpc) is 1.55. The van der Waals surface area contributed by atoms with Crippen LogP contribution in [0.3, 0.4) is 0 Å². The lowest BCUT2D eigenvalue weighted by Crippen LogP contribution is -2.38. The van der Waals surface area contributed by atoms with Gasteiger partial charge in [0.2, 0.25) is 5.56 Å². The van der Waals surface area contributed by atoms with Crippen LogP contribution in [0.4, 0.5) is 22.0 Å². The Hall–Kier alpha value is -11.6. The van der Waals surface area contributed by atoms with E-state index in [4.69, 9.17) is 52.6 Å². The maximum Gasteiger partial charge on any atom is 0.248 e. The van der Waals surface area contributed by atoms with Crippen LogP contribution >= 0.6 is 23.2 Å². The maximum absolute atomic E-state index is 13.7. The van der Waals surface area contributed by atoms with Gasteiger partial charge in [0.05, 0.1) is 34.1 Å². The molecule has 5 aliphatic rings. The molecular formula is C88H85Cl2F5N16O21. The van der Waals surface area contributed by atoms with Crippen LogP contribution in [0.25, 0.3) is 55.2 Å². The summed E-state index contributed by atoms with van der Waals surface area (Å²) in [5.41, 5.74) is 11.1. The minimum Gasteiger partial charge on any atom is -0.392 e. The fraction of sp³-hybridized carbons (Fsp3) is 0.318. The number of nitrogens with two attached hydrogens (primary N) is 1. The van der Waals surface area contributed by atoms with Crippen LogP contribution in [-0.2, 0) is 30.3 Å². The minimum atomic E-state index is -1.45. The third-order valence-corrected chi connectivity index (χ3v) is 24.2. The van der Waals surface area contributed by atoms with Gasteiger partial charge in [-0.05, 0) is 133 Å². The predicted molar refractivity (Wildman–Crippen MR) is 454 cm³/mol. The Balaban J connectivity index is 0.000000120. The number of aromatic amines is 1. The fourth-order valence-electron chi connectivity index (χ4n) is 16.5. The number of pyridine rings is 2. The van der Waals surface area contributed by atoms with E-state index in [1.54, 1.807) is 115 Å². The summed E-state index contributed by atoms with van der Waals surface area (Å²) in [7, 11) is 0. The van der Waals surface area contributed by atoms with Crippen LogP contribution in [0.1, 0.15) is 106 Å². The molecule has 692 valence electrons. The van der Waals surface area contributed by atoms with Crippen molar-refractivity contribution in [2.45, 2.75) is 174 Å². The second-order valence-electron chi connectivity index (χ2n) is 31.7. The normalized spacial score (nSPS) is 26.9. The number of H-pyrrole nitrogens is 1. The third kappa shape index (κ3) is 18.3. The summed E-state index contributed by atoms with van der Waals surface area (Å²) in [4.78, 5) is 51.0. The predicted octanol–water partition coefficient (Wildman–Crippen LogP) is 5.29. The molecule has 4 aromatic carbocycles. The van der Waals surface area contributed by atoms with Gasteiger partial charge in [-0.2, -0.15) is 0 Å². The van der Waals surface area contributed by atoms with Crippen molar-refractivity contribution in [3.8, 4) is 0 Å². The van der Waals surface area contributed by atoms with Crippen molar-refractivity contribution < 1.29 is 122 Å². The Morgan fingerprint density at radius 2 is 0.758 bits per heavy atom. The lowest BCUT2D eigenvalue weighted by Gasteiger charge is -2.22. The van der Waals surface area contributed by atoms with E-state index in [-0.39, 0.29) is 43.6 Å². The van der Waals surface area contributed by atoms with Crippen molar-refractivity contribution in [3.05, 3.63) is 303 Å². The van der Waals surface area contributed by atoms with Gasteiger partial charge in [-0.1, -0.05) is 53.5 Å². The number of aromatic nitrogens is 15. The molecule has 16 heterocycles. The molecule has 0 spiro atoms. The number of halogens is 7. The summed E-state index contributed by atoms with van der Waals surface area (Å²) in [5, 5.41) is 159. The van der Waals surface area contributed by atoms with Gasteiger partial charge < -0.3 is 134 Å². The van der Waals surface area contributed by atoms with E-state index in [9.17, 15) is 103 Å². The van der Waals surface area contributed by atoms with E-state index < -0.39 is 189 Å². The molecule has 25 unspecified atom stereocenters. The molecule has 5 fully saturated rings. The van der Waals surface area contributed by atoms with Gasteiger partial charge >= 0.3 is 0 Å². The van der Waals surface area contributed by atoms with Crippen LogP contribution in [0.15, 0.2) is 213 Å². The van der Waals surface area contributed by atoms with E-state index in [0.717, 1.165) is 62.6 Å². The highest BCUT2D eigenvalue weighted by atomic mass is 35.5. The van der Waals surface area contributed by atoms with E-state index in [2.05, 4.69) is 49.8 Å². The monoisotopic (exact) mass is 1870 g/mol. The van der Waals surface area contributed by atoms with Crippen LogP contribution < -0.4 is 11.3 Å². The number of nitrogens with zero attached hydrogens (tertiary/aromatic N) is 14. The molecular weight excluding hydrogens is 1780 g/mol. The van der Waals surface area contributed by atoms with Crippen LogP contribution in [0.2, 0.25) is 10.0 Å². The molecule has 0 aliphatic carbocycles. The molecule has 0 amide bonds. The standard InChI is InChI=1S/C19H20FN3O5.C18H16F2N2O4.C17H16ClFN4O3.C17H15ClFN3O4.C17H18N4O5/c1-9-12-4-5-23(18(12)22-8-21-9)19-16(27)15(26)17(28-19)14(25)10-2-3-13(20)11(6-10)7-24;19-11-4-3-10(8-12(11)20)13(23)16-14(24)15(25)18(26-16)22-7-5-9-2-1-6-21-17(9)22;18-10-2-1-8(5-11(10)19)12(20)15-13(24)14(25)17(26-15)23-4-3-9-6-21-7-22-16(9)23;18-10-2-1-8(5-11(10)19)12(23)15-13(24)14(25)17(26-15)22-4-3-9-6-20-7-21-16(9)22;1-8-9-5-6-21(16(9)19-7-18-8)17-14(25)13(24)15(26-17)12(23)10-3-2-4-11(22)20-10/h2-6,8,14-17,19,24-27H,7H2,1H3;1-8,13-16,18,23-25H;1-7,12-15,17,24-25H,20H2;1-7,12-15,17,23-25H;2-7,12-15,17,23-25H,1H3,(H,20,22). The molecule has 25 atom stereocenters. The van der Waals surface area contributed by atoms with Gasteiger partial charge in [0.25, 0.3) is 0 Å². The number of aryl methyl sites for hydroxylation is 2. The molecule has 0 saturated carbocycles. The highest BCUT2D eigenvalue weighted by molar-refractivity contribution is 6.31. The van der Waals surface area contributed by atoms with E-state index in [1.165, 1.54) is 86.0 Å². The molecule has 20 rings (SSSR count). The number of ether oxygens (including phenoxy) is 5. The summed E-state index contributed by atoms with van der Waals surface area (Å²) in [5.74, 6) is -4.07. The second kappa shape index (κ2) is 39.3. The summed E-state index contributed by atoms with van der Waals surface area (Å²) in [6.45, 7) is 3.14. The van der Waals surface area contributed by atoms with Crippen LogP contribution in [0, 0.1) is 42.9 Å². The minimum absolute atomic E-state index is 0.0183. The number of nitrogens with one attached hydrogen (secondary N) is 1. The number of hydrogen-bond acceptors (Lipinski definition) is 31. The SMILES string of the molecule is Cc1ncnc2c1ccn2C1OC(C(O)c2ccc(F)c(CO)c2)C(O)C1O.Cc1ncnc2c1ccn2C1OC(C(O)c2cccc(=O)[nH]2)C(O)C1O.NC(c1ccc(Cl)c(F)c1)C1OC(n2ccc3cncnc32)C(O)C1O.OC(c1ccc(Cl)c(F)c1)C1OC(n2ccc3cncnc32)C(O)C1O.OC(c1ccc(F)c(F)c1)C1OC(n2ccc3cccnc32)C(O)C1O. The van der Waals surface area contributed by atoms with Crippen LogP contribution in [-0.4, -0.2) is 241 Å². The van der Waals surface area contributed by atoms with Gasteiger partial charge in [-0.25, -0.2) is 66.8 Å². The topological polar surface area (TPSA) is 549 Å². The zero-order chi connectivity index (χ0) is 93.7. The maximum atomic E-state index is 13.7. The van der Waals surface area contributed by atoms with Crippen molar-refractivity contribution in [2.24, 2.45) is 5.73 Å². The van der Waals surface area contributed by atoms with Crippen molar-refractivity contribution >= 4 is 78.4 Å². The summed E-state index contributed by atoms with van der Waals surface area (Å²) >= 11 is 11.3. The lowest BCUT2D eigenvalue weighted by molar-refractivity contribution is -0.0860. The van der Waals surface area contributed by atoms with Crippen molar-refractivity contribution in [1.29, 1.82) is 0 Å². The summed E-state index contributed by atoms with van der Waals surface area (Å²) in [6.07, 6.45) is -10.3. The number of rotatable bonds is 16.